The standard InChI is InChI=1S/C25H28ClN5O2/c1-17(16-32)28-22-11-14-31(15-12-22)24(33)19-4-8-21(9-5-19)29-25-27-13-10-23(30-25)18-2-6-20(26)7-3-18/h2-10,13,17,22,28,32H,11-12,14-16H2,1H3,(H,27,29,30)/t17-/m1/s1. The van der Waals surface area contributed by atoms with E-state index in [2.05, 4.69) is 20.6 Å². The maximum atomic E-state index is 12.9. The van der Waals surface area contributed by atoms with Crippen LogP contribution < -0.4 is 10.6 Å². The Labute approximate surface area is 198 Å². The van der Waals surface area contributed by atoms with E-state index in [-0.39, 0.29) is 18.6 Å². The number of carbonyl (C=O) groups excluding carboxylic acids is 1. The van der Waals surface area contributed by atoms with Gasteiger partial charge in [0.05, 0.1) is 12.3 Å². The van der Waals surface area contributed by atoms with E-state index in [4.69, 9.17) is 11.6 Å². The zero-order valence-corrected chi connectivity index (χ0v) is 19.3. The van der Waals surface area contributed by atoms with Gasteiger partial charge in [0.2, 0.25) is 5.95 Å². The van der Waals surface area contributed by atoms with E-state index in [1.54, 1.807) is 6.20 Å². The Bertz CT molecular complexity index is 1070. The molecular weight excluding hydrogens is 438 g/mol. The summed E-state index contributed by atoms with van der Waals surface area (Å²) in [5, 5.41) is 16.5. The molecule has 3 N–H and O–H groups in total. The summed E-state index contributed by atoms with van der Waals surface area (Å²) >= 11 is 5.97. The second-order valence-electron chi connectivity index (χ2n) is 8.29. The molecule has 7 nitrogen and oxygen atoms in total. The van der Waals surface area contributed by atoms with Crippen molar-refractivity contribution in [2.75, 3.05) is 25.0 Å². The molecule has 2 aromatic carbocycles. The lowest BCUT2D eigenvalue weighted by Gasteiger charge is -2.33. The molecule has 1 aliphatic heterocycles. The Balaban J connectivity index is 1.35. The van der Waals surface area contributed by atoms with E-state index in [0.717, 1.165) is 29.8 Å². The van der Waals surface area contributed by atoms with Crippen molar-refractivity contribution in [2.24, 2.45) is 0 Å². The fraction of sp³-hybridized carbons (Fsp3) is 0.320. The highest BCUT2D eigenvalue weighted by Crippen LogP contribution is 2.22. The number of halogens is 1. The van der Waals surface area contributed by atoms with Crippen LogP contribution in [0, 0.1) is 0 Å². The van der Waals surface area contributed by atoms with Crippen molar-refractivity contribution in [1.82, 2.24) is 20.2 Å². The summed E-state index contributed by atoms with van der Waals surface area (Å²) < 4.78 is 0. The molecule has 33 heavy (non-hydrogen) atoms. The van der Waals surface area contributed by atoms with Crippen LogP contribution in [0.2, 0.25) is 5.02 Å². The predicted octanol–water partition coefficient (Wildman–Crippen LogP) is 4.12. The highest BCUT2D eigenvalue weighted by Gasteiger charge is 2.24. The number of benzene rings is 2. The van der Waals surface area contributed by atoms with Crippen molar-refractivity contribution in [3.8, 4) is 11.3 Å². The summed E-state index contributed by atoms with van der Waals surface area (Å²) in [6.45, 7) is 3.50. The van der Waals surface area contributed by atoms with Crippen LogP contribution in [0.1, 0.15) is 30.1 Å². The van der Waals surface area contributed by atoms with Crippen LogP contribution in [-0.4, -0.2) is 57.7 Å². The first-order chi connectivity index (χ1) is 16.0. The number of hydrogen-bond acceptors (Lipinski definition) is 6. The van der Waals surface area contributed by atoms with Crippen LogP contribution in [-0.2, 0) is 0 Å². The summed E-state index contributed by atoms with van der Waals surface area (Å²) in [5.74, 6) is 0.518. The quantitative estimate of drug-likeness (QED) is 0.486. The number of rotatable bonds is 7. The average Bonchev–Trinajstić information content (AvgIpc) is 2.85. The second-order valence-corrected chi connectivity index (χ2v) is 8.73. The first kappa shape index (κ1) is 23.2. The third-order valence-electron chi connectivity index (χ3n) is 5.76. The first-order valence-corrected chi connectivity index (χ1v) is 11.5. The van der Waals surface area contributed by atoms with Gasteiger partial charge in [0.15, 0.2) is 0 Å². The molecule has 0 unspecified atom stereocenters. The van der Waals surface area contributed by atoms with Gasteiger partial charge in [-0.1, -0.05) is 23.7 Å². The smallest absolute Gasteiger partial charge is 0.253 e. The number of carbonyl (C=O) groups is 1. The number of anilines is 2. The van der Waals surface area contributed by atoms with E-state index >= 15 is 0 Å². The monoisotopic (exact) mass is 465 g/mol. The van der Waals surface area contributed by atoms with E-state index in [9.17, 15) is 9.90 Å². The fourth-order valence-electron chi connectivity index (χ4n) is 3.91. The molecule has 1 aliphatic rings. The Hall–Kier alpha value is -3.00. The molecule has 0 aliphatic carbocycles. The number of likely N-dealkylation sites (tertiary alicyclic amines) is 1. The van der Waals surface area contributed by atoms with E-state index in [0.29, 0.717) is 35.7 Å². The lowest BCUT2D eigenvalue weighted by molar-refractivity contribution is 0.0698. The van der Waals surface area contributed by atoms with Crippen LogP contribution >= 0.6 is 11.6 Å². The lowest BCUT2D eigenvalue weighted by Crippen LogP contribution is -2.47. The molecule has 4 rings (SSSR count). The summed E-state index contributed by atoms with van der Waals surface area (Å²) in [4.78, 5) is 23.7. The maximum Gasteiger partial charge on any atom is 0.253 e. The number of hydrogen-bond donors (Lipinski definition) is 3. The molecule has 1 saturated heterocycles. The first-order valence-electron chi connectivity index (χ1n) is 11.1. The van der Waals surface area contributed by atoms with Gasteiger partial charge >= 0.3 is 0 Å². The zero-order valence-electron chi connectivity index (χ0n) is 18.5. The van der Waals surface area contributed by atoms with Crippen LogP contribution in [0.4, 0.5) is 11.6 Å². The van der Waals surface area contributed by atoms with Gasteiger partial charge in [0.1, 0.15) is 0 Å². The van der Waals surface area contributed by atoms with Gasteiger partial charge in [0, 0.05) is 53.2 Å². The molecule has 8 heteroatoms. The van der Waals surface area contributed by atoms with Gasteiger partial charge < -0.3 is 20.6 Å². The minimum Gasteiger partial charge on any atom is -0.395 e. The number of aromatic nitrogens is 2. The SMILES string of the molecule is C[C@H](CO)NC1CCN(C(=O)c2ccc(Nc3nccc(-c4ccc(Cl)cc4)n3)cc2)CC1. The van der Waals surface area contributed by atoms with Crippen molar-refractivity contribution < 1.29 is 9.90 Å². The third-order valence-corrected chi connectivity index (χ3v) is 6.01. The Morgan fingerprint density at radius 3 is 2.48 bits per heavy atom. The molecule has 1 aromatic heterocycles. The summed E-state index contributed by atoms with van der Waals surface area (Å²) in [5.41, 5.74) is 3.21. The van der Waals surface area contributed by atoms with Gasteiger partial charge in [-0.3, -0.25) is 4.79 Å². The predicted molar refractivity (Wildman–Crippen MR) is 131 cm³/mol. The second kappa shape index (κ2) is 10.7. The molecular formula is C25H28ClN5O2. The Kier molecular flexibility index (Phi) is 7.54. The summed E-state index contributed by atoms with van der Waals surface area (Å²) in [7, 11) is 0. The van der Waals surface area contributed by atoms with Crippen molar-refractivity contribution in [2.45, 2.75) is 31.8 Å². The minimum atomic E-state index is 0.0381. The topological polar surface area (TPSA) is 90.4 Å². The van der Waals surface area contributed by atoms with Gasteiger partial charge in [-0.2, -0.15) is 0 Å². The molecule has 3 aromatic rings. The van der Waals surface area contributed by atoms with Crippen LogP contribution in [0.5, 0.6) is 0 Å². The fourth-order valence-corrected chi connectivity index (χ4v) is 4.04. The maximum absolute atomic E-state index is 12.9. The number of aliphatic hydroxyl groups is 1. The van der Waals surface area contributed by atoms with Crippen molar-refractivity contribution in [3.05, 3.63) is 71.4 Å². The van der Waals surface area contributed by atoms with Crippen molar-refractivity contribution in [3.63, 3.8) is 0 Å². The highest BCUT2D eigenvalue weighted by atomic mass is 35.5. The van der Waals surface area contributed by atoms with Gasteiger partial charge in [-0.25, -0.2) is 9.97 Å². The molecule has 0 radical (unpaired) electrons. The van der Waals surface area contributed by atoms with Gasteiger partial charge in [-0.05, 0) is 62.2 Å². The molecule has 172 valence electrons. The molecule has 2 heterocycles. The number of nitrogens with zero attached hydrogens (tertiary/aromatic N) is 3. The molecule has 1 fully saturated rings. The molecule has 0 saturated carbocycles. The molecule has 0 bridgehead atoms. The van der Waals surface area contributed by atoms with Gasteiger partial charge in [-0.15, -0.1) is 0 Å². The Morgan fingerprint density at radius 1 is 1.12 bits per heavy atom. The summed E-state index contributed by atoms with van der Waals surface area (Å²) in [6, 6.07) is 17.1. The molecule has 0 spiro atoms. The van der Waals surface area contributed by atoms with Gasteiger partial charge in [0.25, 0.3) is 5.91 Å². The normalized spacial score (nSPS) is 15.3. The minimum absolute atomic E-state index is 0.0381. The van der Waals surface area contributed by atoms with E-state index in [1.807, 2.05) is 66.4 Å². The molecule has 1 amide bonds. The lowest BCUT2D eigenvalue weighted by atomic mass is 10.0. The van der Waals surface area contributed by atoms with E-state index in [1.165, 1.54) is 0 Å². The van der Waals surface area contributed by atoms with Crippen molar-refractivity contribution >= 4 is 29.1 Å². The number of aliphatic hydroxyl groups excluding tert-OH is 1. The van der Waals surface area contributed by atoms with Crippen molar-refractivity contribution in [1.29, 1.82) is 0 Å². The summed E-state index contributed by atoms with van der Waals surface area (Å²) in [6.07, 6.45) is 3.48. The average molecular weight is 466 g/mol. The number of nitrogens with one attached hydrogen (secondary N) is 2. The largest absolute Gasteiger partial charge is 0.395 e. The molecule has 1 atom stereocenters. The highest BCUT2D eigenvalue weighted by molar-refractivity contribution is 6.30. The number of amides is 1. The Morgan fingerprint density at radius 2 is 1.82 bits per heavy atom. The van der Waals surface area contributed by atoms with Crippen LogP contribution in [0.3, 0.4) is 0 Å². The van der Waals surface area contributed by atoms with Crippen LogP contribution in [0.25, 0.3) is 11.3 Å². The number of piperidine rings is 1. The van der Waals surface area contributed by atoms with E-state index < -0.39 is 0 Å². The zero-order chi connectivity index (χ0) is 23.2. The third kappa shape index (κ3) is 6.07. The van der Waals surface area contributed by atoms with Crippen LogP contribution in [0.15, 0.2) is 60.8 Å².